The maximum absolute atomic E-state index is 12.7. The highest BCUT2D eigenvalue weighted by molar-refractivity contribution is 6.13. The van der Waals surface area contributed by atoms with Crippen molar-refractivity contribution < 1.29 is 5.21 Å². The van der Waals surface area contributed by atoms with Gasteiger partial charge in [-0.1, -0.05) is 53.7 Å². The molecule has 0 aliphatic heterocycles. The molecule has 1 aromatic heterocycles. The maximum atomic E-state index is 12.7. The SMILES string of the molecule is Cc1[nH]n(-c2ccccc2)c(=O)c1C(=NO)c1ccccc1. The Hall–Kier alpha value is -3.08. The van der Waals surface area contributed by atoms with E-state index >= 15 is 0 Å². The number of para-hydroxylation sites is 1. The van der Waals surface area contributed by atoms with Crippen LogP contribution in [0.5, 0.6) is 0 Å². The topological polar surface area (TPSA) is 70.4 Å². The van der Waals surface area contributed by atoms with Crippen molar-refractivity contribution in [3.05, 3.63) is 87.8 Å². The number of nitrogens with one attached hydrogen (secondary N) is 1. The average Bonchev–Trinajstić information content (AvgIpc) is 2.86. The van der Waals surface area contributed by atoms with Crippen molar-refractivity contribution >= 4 is 5.71 Å². The predicted molar refractivity (Wildman–Crippen MR) is 85.0 cm³/mol. The van der Waals surface area contributed by atoms with Crippen LogP contribution in [0.4, 0.5) is 0 Å². The number of rotatable bonds is 3. The summed E-state index contributed by atoms with van der Waals surface area (Å²) in [6.45, 7) is 1.78. The Kier molecular flexibility index (Phi) is 3.62. The summed E-state index contributed by atoms with van der Waals surface area (Å²) in [6.07, 6.45) is 0. The van der Waals surface area contributed by atoms with Crippen LogP contribution in [0.3, 0.4) is 0 Å². The number of benzene rings is 2. The van der Waals surface area contributed by atoms with E-state index in [1.807, 2.05) is 48.5 Å². The number of hydrogen-bond donors (Lipinski definition) is 2. The molecule has 0 aliphatic carbocycles. The molecule has 0 amide bonds. The van der Waals surface area contributed by atoms with Crippen LogP contribution in [0.25, 0.3) is 5.69 Å². The number of aromatic amines is 1. The summed E-state index contributed by atoms with van der Waals surface area (Å²) in [5, 5.41) is 15.8. The molecule has 3 rings (SSSR count). The third-order valence-corrected chi connectivity index (χ3v) is 3.47. The molecule has 0 spiro atoms. The lowest BCUT2D eigenvalue weighted by Gasteiger charge is -2.02. The fourth-order valence-electron chi connectivity index (χ4n) is 2.43. The lowest BCUT2D eigenvalue weighted by molar-refractivity contribution is 0.319. The zero-order valence-corrected chi connectivity index (χ0v) is 12.0. The van der Waals surface area contributed by atoms with E-state index in [4.69, 9.17) is 0 Å². The van der Waals surface area contributed by atoms with Crippen molar-refractivity contribution in [1.82, 2.24) is 9.78 Å². The Balaban J connectivity index is 2.17. The smallest absolute Gasteiger partial charge is 0.281 e. The molecule has 5 nitrogen and oxygen atoms in total. The van der Waals surface area contributed by atoms with Crippen LogP contribution in [0.1, 0.15) is 16.8 Å². The Morgan fingerprint density at radius 3 is 2.23 bits per heavy atom. The maximum Gasteiger partial charge on any atom is 0.281 e. The standard InChI is InChI=1S/C17H15N3O2/c1-12-15(16(19-22)13-8-4-2-5-9-13)17(21)20(18-12)14-10-6-3-7-11-14/h2-11,18,22H,1H3. The van der Waals surface area contributed by atoms with Gasteiger partial charge in [0.05, 0.1) is 11.3 Å². The molecular weight excluding hydrogens is 278 g/mol. The number of aromatic nitrogens is 2. The zero-order valence-electron chi connectivity index (χ0n) is 12.0. The van der Waals surface area contributed by atoms with Crippen LogP contribution in [-0.2, 0) is 0 Å². The second-order valence-electron chi connectivity index (χ2n) is 4.90. The van der Waals surface area contributed by atoms with Gasteiger partial charge < -0.3 is 5.21 Å². The first-order valence-corrected chi connectivity index (χ1v) is 6.87. The number of nitrogens with zero attached hydrogens (tertiary/aromatic N) is 2. The Morgan fingerprint density at radius 1 is 1.05 bits per heavy atom. The normalized spacial score (nSPS) is 11.6. The second kappa shape index (κ2) is 5.73. The molecule has 110 valence electrons. The van der Waals surface area contributed by atoms with Crippen molar-refractivity contribution in [2.45, 2.75) is 6.92 Å². The number of oxime groups is 1. The molecule has 0 bridgehead atoms. The van der Waals surface area contributed by atoms with Crippen molar-refractivity contribution in [1.29, 1.82) is 0 Å². The molecule has 0 fully saturated rings. The molecular formula is C17H15N3O2. The van der Waals surface area contributed by atoms with Crippen LogP contribution in [0.2, 0.25) is 0 Å². The van der Waals surface area contributed by atoms with Crippen LogP contribution in [0.15, 0.2) is 70.6 Å². The number of aryl methyl sites for hydroxylation is 1. The number of hydrogen-bond acceptors (Lipinski definition) is 3. The summed E-state index contributed by atoms with van der Waals surface area (Å²) >= 11 is 0. The molecule has 0 saturated heterocycles. The van der Waals surface area contributed by atoms with E-state index in [9.17, 15) is 10.0 Å². The molecule has 3 aromatic rings. The summed E-state index contributed by atoms with van der Waals surface area (Å²) in [7, 11) is 0. The van der Waals surface area contributed by atoms with Gasteiger partial charge in [-0.05, 0) is 19.1 Å². The highest BCUT2D eigenvalue weighted by Gasteiger charge is 2.19. The molecule has 1 heterocycles. The van der Waals surface area contributed by atoms with Gasteiger partial charge in [0, 0.05) is 11.3 Å². The molecule has 0 unspecified atom stereocenters. The summed E-state index contributed by atoms with van der Waals surface area (Å²) in [5.41, 5.74) is 2.43. The fraction of sp³-hybridized carbons (Fsp3) is 0.0588. The molecule has 0 atom stereocenters. The van der Waals surface area contributed by atoms with Crippen molar-refractivity contribution in [3.63, 3.8) is 0 Å². The van der Waals surface area contributed by atoms with Crippen LogP contribution in [-0.4, -0.2) is 20.7 Å². The van der Waals surface area contributed by atoms with Gasteiger partial charge in [0.2, 0.25) is 0 Å². The molecule has 5 heteroatoms. The van der Waals surface area contributed by atoms with E-state index in [0.717, 1.165) is 5.69 Å². The Bertz CT molecular complexity index is 862. The largest absolute Gasteiger partial charge is 0.410 e. The van der Waals surface area contributed by atoms with E-state index in [1.54, 1.807) is 19.1 Å². The van der Waals surface area contributed by atoms with Gasteiger partial charge in [0.15, 0.2) is 0 Å². The van der Waals surface area contributed by atoms with Gasteiger partial charge in [-0.2, -0.15) is 0 Å². The molecule has 2 N–H and O–H groups in total. The van der Waals surface area contributed by atoms with E-state index in [1.165, 1.54) is 4.68 Å². The third kappa shape index (κ3) is 2.33. The first-order chi connectivity index (χ1) is 10.7. The third-order valence-electron chi connectivity index (χ3n) is 3.47. The zero-order chi connectivity index (χ0) is 15.5. The molecule has 0 radical (unpaired) electrons. The number of H-pyrrole nitrogens is 1. The summed E-state index contributed by atoms with van der Waals surface area (Å²) in [4.78, 5) is 12.7. The van der Waals surface area contributed by atoms with Gasteiger partial charge in [-0.15, -0.1) is 0 Å². The van der Waals surface area contributed by atoms with Gasteiger partial charge in [0.1, 0.15) is 5.71 Å². The fourth-order valence-corrected chi connectivity index (χ4v) is 2.43. The minimum absolute atomic E-state index is 0.250. The van der Waals surface area contributed by atoms with E-state index in [-0.39, 0.29) is 11.3 Å². The summed E-state index contributed by atoms with van der Waals surface area (Å²) in [5.74, 6) is 0. The quantitative estimate of drug-likeness (QED) is 0.443. The minimum atomic E-state index is -0.250. The molecule has 0 aliphatic rings. The van der Waals surface area contributed by atoms with Crippen LogP contribution in [0, 0.1) is 6.92 Å². The second-order valence-corrected chi connectivity index (χ2v) is 4.90. The van der Waals surface area contributed by atoms with Gasteiger partial charge in [0.25, 0.3) is 5.56 Å². The van der Waals surface area contributed by atoms with Crippen LogP contribution < -0.4 is 5.56 Å². The Morgan fingerprint density at radius 2 is 1.64 bits per heavy atom. The van der Waals surface area contributed by atoms with Gasteiger partial charge in [-0.3, -0.25) is 9.89 Å². The lowest BCUT2D eigenvalue weighted by Crippen LogP contribution is -2.21. The summed E-state index contributed by atoms with van der Waals surface area (Å²) in [6, 6.07) is 18.4. The van der Waals surface area contributed by atoms with E-state index in [0.29, 0.717) is 16.8 Å². The van der Waals surface area contributed by atoms with Gasteiger partial charge in [-0.25, -0.2) is 4.68 Å². The van der Waals surface area contributed by atoms with Gasteiger partial charge >= 0.3 is 0 Å². The molecule has 22 heavy (non-hydrogen) atoms. The lowest BCUT2D eigenvalue weighted by atomic mass is 10.0. The van der Waals surface area contributed by atoms with E-state index in [2.05, 4.69) is 10.3 Å². The first kappa shape index (κ1) is 13.9. The molecule has 0 saturated carbocycles. The average molecular weight is 293 g/mol. The predicted octanol–water partition coefficient (Wildman–Crippen LogP) is 2.70. The monoisotopic (exact) mass is 293 g/mol. The summed E-state index contributed by atoms with van der Waals surface area (Å²) < 4.78 is 1.44. The molecule has 2 aromatic carbocycles. The Labute approximate surface area is 127 Å². The van der Waals surface area contributed by atoms with Crippen molar-refractivity contribution in [2.24, 2.45) is 5.16 Å². The highest BCUT2D eigenvalue weighted by atomic mass is 16.4. The van der Waals surface area contributed by atoms with E-state index < -0.39 is 0 Å². The van der Waals surface area contributed by atoms with Crippen molar-refractivity contribution in [2.75, 3.05) is 0 Å². The minimum Gasteiger partial charge on any atom is -0.410 e. The van der Waals surface area contributed by atoms with Crippen LogP contribution >= 0.6 is 0 Å². The van der Waals surface area contributed by atoms with Crippen molar-refractivity contribution in [3.8, 4) is 5.69 Å². The highest BCUT2D eigenvalue weighted by Crippen LogP contribution is 2.12. The first-order valence-electron chi connectivity index (χ1n) is 6.87.